The Morgan fingerprint density at radius 1 is 1.24 bits per heavy atom. The van der Waals surface area contributed by atoms with Crippen LogP contribution >= 0.6 is 12.6 Å². The molecular weight excluding hydrogens is 234 g/mol. The molecule has 0 heterocycles. The average molecular weight is 263 g/mol. The highest BCUT2D eigenvalue weighted by Gasteiger charge is 2.28. The molecule has 104 valence electrons. The largest absolute Gasteiger partial charge is 0.480 e. The highest BCUT2D eigenvalue weighted by Crippen LogP contribution is 2.27. The van der Waals surface area contributed by atoms with Crippen LogP contribution in [0.2, 0.25) is 0 Å². The molecule has 0 aliphatic carbocycles. The Morgan fingerprint density at radius 2 is 1.53 bits per heavy atom. The standard InChI is InChI=1S/C10H23N.C3H6O2S/c1-5-9(6-2)10(11,7-3)8-4;1-2(6)3(4)5/h9H,5-8,11H2,1-4H3;2,6H,1H3,(H,4,5). The lowest BCUT2D eigenvalue weighted by atomic mass is 9.77. The average Bonchev–Trinajstić information content (AvgIpc) is 2.30. The van der Waals surface area contributed by atoms with Crippen molar-refractivity contribution >= 4 is 18.6 Å². The number of thiol groups is 1. The summed E-state index contributed by atoms with van der Waals surface area (Å²) in [5.41, 5.74) is 6.36. The molecule has 3 nitrogen and oxygen atoms in total. The van der Waals surface area contributed by atoms with Gasteiger partial charge >= 0.3 is 5.97 Å². The van der Waals surface area contributed by atoms with Gasteiger partial charge in [0.2, 0.25) is 0 Å². The topological polar surface area (TPSA) is 63.3 Å². The van der Waals surface area contributed by atoms with Gasteiger partial charge < -0.3 is 10.8 Å². The molecule has 0 aromatic rings. The van der Waals surface area contributed by atoms with Crippen molar-refractivity contribution in [2.45, 2.75) is 71.1 Å². The summed E-state index contributed by atoms with van der Waals surface area (Å²) < 4.78 is 0. The molecule has 0 saturated heterocycles. The summed E-state index contributed by atoms with van der Waals surface area (Å²) in [7, 11) is 0. The summed E-state index contributed by atoms with van der Waals surface area (Å²) in [6.45, 7) is 10.4. The Labute approximate surface area is 112 Å². The van der Waals surface area contributed by atoms with Gasteiger partial charge in [-0.15, -0.1) is 0 Å². The van der Waals surface area contributed by atoms with Crippen molar-refractivity contribution in [2.24, 2.45) is 11.7 Å². The monoisotopic (exact) mass is 263 g/mol. The molecule has 0 rings (SSSR count). The van der Waals surface area contributed by atoms with Crippen LogP contribution < -0.4 is 5.73 Å². The van der Waals surface area contributed by atoms with E-state index in [0.717, 1.165) is 12.8 Å². The molecule has 0 aliphatic rings. The summed E-state index contributed by atoms with van der Waals surface area (Å²) >= 11 is 3.59. The van der Waals surface area contributed by atoms with Crippen molar-refractivity contribution in [3.05, 3.63) is 0 Å². The molecule has 0 aromatic carbocycles. The SMILES string of the molecule is CC(S)C(=O)O.CCC(CC)C(N)(CC)CC. The molecule has 3 N–H and O–H groups in total. The predicted molar refractivity (Wildman–Crippen MR) is 77.7 cm³/mol. The lowest BCUT2D eigenvalue weighted by Gasteiger charge is -2.35. The normalized spacial score (nSPS) is 12.9. The Morgan fingerprint density at radius 3 is 1.59 bits per heavy atom. The summed E-state index contributed by atoms with van der Waals surface area (Å²) in [4.78, 5) is 9.62. The zero-order valence-electron chi connectivity index (χ0n) is 11.9. The maximum absolute atomic E-state index is 9.62. The molecule has 0 aliphatic heterocycles. The van der Waals surface area contributed by atoms with Gasteiger partial charge in [0, 0.05) is 5.54 Å². The number of carboxylic acids is 1. The van der Waals surface area contributed by atoms with Gasteiger partial charge in [-0.05, 0) is 25.7 Å². The minimum Gasteiger partial charge on any atom is -0.480 e. The molecule has 0 saturated carbocycles. The van der Waals surface area contributed by atoms with Gasteiger partial charge in [-0.3, -0.25) is 4.79 Å². The molecule has 0 spiro atoms. The number of carboxylic acid groups (broad SMARTS) is 1. The van der Waals surface area contributed by atoms with E-state index in [-0.39, 0.29) is 5.54 Å². The number of rotatable bonds is 6. The molecule has 0 radical (unpaired) electrons. The molecule has 0 aromatic heterocycles. The second-order valence-corrected chi connectivity index (χ2v) is 5.24. The van der Waals surface area contributed by atoms with E-state index in [1.54, 1.807) is 0 Å². The molecule has 1 unspecified atom stereocenters. The van der Waals surface area contributed by atoms with Crippen LogP contribution in [-0.4, -0.2) is 21.9 Å². The molecule has 0 fully saturated rings. The molecule has 0 bridgehead atoms. The summed E-state index contributed by atoms with van der Waals surface area (Å²) in [5, 5.41) is 7.38. The number of aliphatic carboxylic acids is 1. The number of hydrogen-bond acceptors (Lipinski definition) is 3. The molecule has 4 heteroatoms. The third kappa shape index (κ3) is 7.66. The first kappa shape index (κ1) is 19.1. The van der Waals surface area contributed by atoms with Crippen molar-refractivity contribution in [2.75, 3.05) is 0 Å². The van der Waals surface area contributed by atoms with Crippen LogP contribution in [0.25, 0.3) is 0 Å². The van der Waals surface area contributed by atoms with Crippen molar-refractivity contribution in [3.63, 3.8) is 0 Å². The van der Waals surface area contributed by atoms with E-state index < -0.39 is 11.2 Å². The van der Waals surface area contributed by atoms with Crippen molar-refractivity contribution in [1.82, 2.24) is 0 Å². The first-order chi connectivity index (χ1) is 7.78. The van der Waals surface area contributed by atoms with E-state index in [9.17, 15) is 4.79 Å². The quantitative estimate of drug-likeness (QED) is 0.644. The van der Waals surface area contributed by atoms with Crippen molar-refractivity contribution < 1.29 is 9.90 Å². The summed E-state index contributed by atoms with van der Waals surface area (Å²) in [6, 6.07) is 0. The van der Waals surface area contributed by atoms with Gasteiger partial charge in [0.25, 0.3) is 0 Å². The van der Waals surface area contributed by atoms with Crippen LogP contribution in [0, 0.1) is 5.92 Å². The van der Waals surface area contributed by atoms with E-state index in [0.29, 0.717) is 5.92 Å². The number of hydrogen-bond donors (Lipinski definition) is 3. The predicted octanol–water partition coefficient (Wildman–Crippen LogP) is 3.33. The van der Waals surface area contributed by atoms with Gasteiger partial charge in [-0.2, -0.15) is 12.6 Å². The lowest BCUT2D eigenvalue weighted by Crippen LogP contribution is -2.45. The third-order valence-corrected chi connectivity index (χ3v) is 3.69. The summed E-state index contributed by atoms with van der Waals surface area (Å²) in [6.07, 6.45) is 4.65. The fraction of sp³-hybridized carbons (Fsp3) is 0.923. The lowest BCUT2D eigenvalue weighted by molar-refractivity contribution is -0.136. The molecule has 1 atom stereocenters. The van der Waals surface area contributed by atoms with E-state index in [2.05, 4.69) is 40.3 Å². The van der Waals surface area contributed by atoms with Crippen LogP contribution in [-0.2, 0) is 4.79 Å². The highest BCUT2D eigenvalue weighted by atomic mass is 32.1. The number of carbonyl (C=O) groups is 1. The number of nitrogens with two attached hydrogens (primary N) is 1. The zero-order valence-corrected chi connectivity index (χ0v) is 12.8. The maximum Gasteiger partial charge on any atom is 0.316 e. The molecule has 17 heavy (non-hydrogen) atoms. The summed E-state index contributed by atoms with van der Waals surface area (Å²) in [5.74, 6) is -0.171. The van der Waals surface area contributed by atoms with Gasteiger partial charge in [-0.25, -0.2) is 0 Å². The van der Waals surface area contributed by atoms with Gasteiger partial charge in [0.1, 0.15) is 0 Å². The molecular formula is C13H29NO2S. The maximum atomic E-state index is 9.62. The van der Waals surface area contributed by atoms with E-state index in [4.69, 9.17) is 10.8 Å². The van der Waals surface area contributed by atoms with Gasteiger partial charge in [0.15, 0.2) is 0 Å². The van der Waals surface area contributed by atoms with Crippen LogP contribution in [0.4, 0.5) is 0 Å². The Kier molecular flexibility index (Phi) is 11.0. The first-order valence-corrected chi connectivity index (χ1v) is 7.00. The smallest absolute Gasteiger partial charge is 0.316 e. The minimum atomic E-state index is -0.877. The van der Waals surface area contributed by atoms with Crippen molar-refractivity contribution in [1.29, 1.82) is 0 Å². The van der Waals surface area contributed by atoms with Gasteiger partial charge in [0.05, 0.1) is 5.25 Å². The minimum absolute atomic E-state index is 0.101. The Hall–Kier alpha value is -0.220. The fourth-order valence-corrected chi connectivity index (χ4v) is 1.93. The van der Waals surface area contributed by atoms with Crippen molar-refractivity contribution in [3.8, 4) is 0 Å². The van der Waals surface area contributed by atoms with E-state index >= 15 is 0 Å². The van der Waals surface area contributed by atoms with Crippen LogP contribution in [0.3, 0.4) is 0 Å². The third-order valence-electron chi connectivity index (χ3n) is 3.47. The molecule has 0 amide bonds. The fourth-order valence-electron chi connectivity index (χ4n) is 1.93. The zero-order chi connectivity index (χ0) is 14.1. The first-order valence-electron chi connectivity index (χ1n) is 6.48. The van der Waals surface area contributed by atoms with E-state index in [1.165, 1.54) is 19.8 Å². The van der Waals surface area contributed by atoms with Gasteiger partial charge in [-0.1, -0.05) is 40.5 Å². The van der Waals surface area contributed by atoms with Crippen LogP contribution in [0.1, 0.15) is 60.3 Å². The Bertz CT molecular complexity index is 200. The van der Waals surface area contributed by atoms with E-state index in [1.807, 2.05) is 0 Å². The second kappa shape index (κ2) is 9.77. The highest BCUT2D eigenvalue weighted by molar-refractivity contribution is 7.81. The Balaban J connectivity index is 0. The van der Waals surface area contributed by atoms with Crippen LogP contribution in [0.5, 0.6) is 0 Å². The second-order valence-electron chi connectivity index (χ2n) is 4.47. The van der Waals surface area contributed by atoms with Crippen LogP contribution in [0.15, 0.2) is 0 Å².